The minimum absolute atomic E-state index is 0.0167. The van der Waals surface area contributed by atoms with E-state index in [0.29, 0.717) is 13.1 Å². The van der Waals surface area contributed by atoms with Crippen molar-refractivity contribution in [1.82, 2.24) is 9.80 Å². The van der Waals surface area contributed by atoms with E-state index in [1.54, 1.807) is 13.8 Å². The highest BCUT2D eigenvalue weighted by Gasteiger charge is 2.48. The highest BCUT2D eigenvalue weighted by atomic mass is 19.1. The summed E-state index contributed by atoms with van der Waals surface area (Å²) in [5, 5.41) is 0. The molecule has 3 rings (SSSR count). The molecule has 2 saturated heterocycles. The van der Waals surface area contributed by atoms with E-state index in [1.165, 1.54) is 9.80 Å². The van der Waals surface area contributed by atoms with Crippen LogP contribution in [-0.2, 0) is 9.59 Å². The van der Waals surface area contributed by atoms with Crippen molar-refractivity contribution in [3.63, 3.8) is 0 Å². The van der Waals surface area contributed by atoms with E-state index in [1.807, 2.05) is 0 Å². The van der Waals surface area contributed by atoms with Gasteiger partial charge in [-0.1, -0.05) is 0 Å². The molecule has 0 unspecified atom stereocenters. The van der Waals surface area contributed by atoms with E-state index < -0.39 is 34.6 Å². The molecule has 1 aliphatic carbocycles. The van der Waals surface area contributed by atoms with Gasteiger partial charge in [-0.3, -0.25) is 9.59 Å². The number of halogens is 2. The molecule has 0 aromatic heterocycles. The Kier molecular flexibility index (Phi) is 2.15. The average molecular weight is 254 g/mol. The minimum Gasteiger partial charge on any atom is -0.359 e. The van der Waals surface area contributed by atoms with Gasteiger partial charge in [0.25, 0.3) is 0 Å². The lowest BCUT2D eigenvalue weighted by atomic mass is 10.0. The molecule has 2 fully saturated rings. The van der Waals surface area contributed by atoms with E-state index in [2.05, 4.69) is 0 Å². The molecule has 0 spiro atoms. The summed E-state index contributed by atoms with van der Waals surface area (Å²) in [4.78, 5) is 26.4. The van der Waals surface area contributed by atoms with Gasteiger partial charge in [-0.2, -0.15) is 0 Å². The summed E-state index contributed by atoms with van der Waals surface area (Å²) in [5.41, 5.74) is -0.827. The van der Waals surface area contributed by atoms with Gasteiger partial charge in [0.1, 0.15) is 11.4 Å². The molecule has 0 aromatic rings. The summed E-state index contributed by atoms with van der Waals surface area (Å²) >= 11 is 0. The number of hydrogen-bond donors (Lipinski definition) is 0. The van der Waals surface area contributed by atoms with Crippen LogP contribution >= 0.6 is 0 Å². The molecule has 3 aliphatic rings. The summed E-state index contributed by atoms with van der Waals surface area (Å²) in [6.45, 7) is 4.51. The summed E-state index contributed by atoms with van der Waals surface area (Å²) < 4.78 is 27.9. The van der Waals surface area contributed by atoms with E-state index >= 15 is 0 Å². The van der Waals surface area contributed by atoms with Gasteiger partial charge in [0.15, 0.2) is 11.7 Å². The quantitative estimate of drug-likeness (QED) is 0.542. The number of carbonyl (C=O) groups is 2. The second-order valence-corrected chi connectivity index (χ2v) is 4.99. The van der Waals surface area contributed by atoms with Crippen LogP contribution in [-0.4, -0.2) is 46.5 Å². The fourth-order valence-corrected chi connectivity index (χ4v) is 2.23. The Bertz CT molecular complexity index is 490. The van der Waals surface area contributed by atoms with Crippen molar-refractivity contribution in [2.24, 2.45) is 0 Å². The largest absolute Gasteiger partial charge is 0.359 e. The summed E-state index contributed by atoms with van der Waals surface area (Å²) in [5.74, 6) is -4.27. The van der Waals surface area contributed by atoms with Crippen LogP contribution < -0.4 is 0 Å². The van der Waals surface area contributed by atoms with Gasteiger partial charge in [0.05, 0.1) is 0 Å². The maximum absolute atomic E-state index is 13.9. The predicted octanol–water partition coefficient (Wildman–Crippen LogP) is 0.909. The molecular weight excluding hydrogens is 242 g/mol. The van der Waals surface area contributed by atoms with Crippen LogP contribution in [0.2, 0.25) is 0 Å². The van der Waals surface area contributed by atoms with Crippen molar-refractivity contribution in [3.8, 4) is 0 Å². The standard InChI is InChI=1S/C12H12F2N2O2/c1-5-3-15(5)9-7(13)12(18)10(8(14)11(9)17)16-4-6(16)2/h5-6H,3-4H2,1-2H3/t5-,6+,15?,16?. The lowest BCUT2D eigenvalue weighted by Gasteiger charge is -2.18. The molecule has 2 atom stereocenters. The summed E-state index contributed by atoms with van der Waals surface area (Å²) in [7, 11) is 0. The zero-order valence-electron chi connectivity index (χ0n) is 10.0. The molecule has 0 radical (unpaired) electrons. The predicted molar refractivity (Wildman–Crippen MR) is 58.6 cm³/mol. The molecule has 0 aromatic carbocycles. The number of carbonyl (C=O) groups excluding carboxylic acids is 2. The Labute approximate surface area is 103 Å². The Balaban J connectivity index is 2.00. The van der Waals surface area contributed by atoms with Crippen LogP contribution in [0.25, 0.3) is 0 Å². The summed E-state index contributed by atoms with van der Waals surface area (Å²) in [6.07, 6.45) is 0. The molecule has 96 valence electrons. The van der Waals surface area contributed by atoms with Crippen LogP contribution in [0.5, 0.6) is 0 Å². The fourth-order valence-electron chi connectivity index (χ4n) is 2.23. The number of rotatable bonds is 2. The van der Waals surface area contributed by atoms with Crippen molar-refractivity contribution in [2.45, 2.75) is 25.9 Å². The number of Topliss-reactive ketones (excluding diaryl/α,β-unsaturated/α-hetero) is 2. The second-order valence-electron chi connectivity index (χ2n) is 4.99. The minimum atomic E-state index is -1.13. The Morgan fingerprint density at radius 2 is 1.17 bits per heavy atom. The molecule has 0 N–H and O–H groups in total. The highest BCUT2D eigenvalue weighted by molar-refractivity contribution is 6.23. The van der Waals surface area contributed by atoms with Crippen LogP contribution in [0, 0.1) is 0 Å². The first-order chi connectivity index (χ1) is 8.43. The first-order valence-corrected chi connectivity index (χ1v) is 5.85. The van der Waals surface area contributed by atoms with Gasteiger partial charge >= 0.3 is 0 Å². The molecule has 4 nitrogen and oxygen atoms in total. The molecule has 18 heavy (non-hydrogen) atoms. The third-order valence-electron chi connectivity index (χ3n) is 3.54. The third-order valence-corrected chi connectivity index (χ3v) is 3.54. The smallest absolute Gasteiger partial charge is 0.242 e. The van der Waals surface area contributed by atoms with Crippen molar-refractivity contribution in [3.05, 3.63) is 23.0 Å². The maximum Gasteiger partial charge on any atom is 0.242 e. The molecule has 6 heteroatoms. The molecule has 2 aliphatic heterocycles. The van der Waals surface area contributed by atoms with Gasteiger partial charge in [-0.25, -0.2) is 8.78 Å². The summed E-state index contributed by atoms with van der Waals surface area (Å²) in [6, 6.07) is -0.0333. The Morgan fingerprint density at radius 1 is 0.889 bits per heavy atom. The topological polar surface area (TPSA) is 40.2 Å². The number of ketones is 2. The lowest BCUT2D eigenvalue weighted by Crippen LogP contribution is -2.28. The third kappa shape index (κ3) is 1.41. The molecular formula is C12H12F2N2O2. The van der Waals surface area contributed by atoms with Crippen LogP contribution in [0.1, 0.15) is 13.8 Å². The van der Waals surface area contributed by atoms with E-state index in [9.17, 15) is 18.4 Å². The highest BCUT2D eigenvalue weighted by Crippen LogP contribution is 2.38. The van der Waals surface area contributed by atoms with E-state index in [0.717, 1.165) is 0 Å². The fraction of sp³-hybridized carbons (Fsp3) is 0.500. The van der Waals surface area contributed by atoms with Crippen LogP contribution in [0.15, 0.2) is 23.0 Å². The van der Waals surface area contributed by atoms with Crippen LogP contribution in [0.4, 0.5) is 8.78 Å². The van der Waals surface area contributed by atoms with Gasteiger partial charge in [-0.05, 0) is 13.8 Å². The number of allylic oxidation sites excluding steroid dienone is 2. The average Bonchev–Trinajstić information content (AvgIpc) is 3.19. The van der Waals surface area contributed by atoms with Gasteiger partial charge in [0.2, 0.25) is 11.6 Å². The van der Waals surface area contributed by atoms with Gasteiger partial charge in [-0.15, -0.1) is 0 Å². The van der Waals surface area contributed by atoms with Crippen molar-refractivity contribution >= 4 is 11.6 Å². The zero-order valence-corrected chi connectivity index (χ0v) is 10.0. The number of hydrogen-bond acceptors (Lipinski definition) is 4. The van der Waals surface area contributed by atoms with E-state index in [4.69, 9.17) is 0 Å². The Morgan fingerprint density at radius 3 is 1.39 bits per heavy atom. The molecule has 0 saturated carbocycles. The zero-order chi connectivity index (χ0) is 13.2. The molecule has 0 bridgehead atoms. The van der Waals surface area contributed by atoms with E-state index in [-0.39, 0.29) is 12.1 Å². The Hall–Kier alpha value is -1.72. The number of nitrogens with zero attached hydrogens (tertiary/aromatic N) is 2. The molecule has 0 amide bonds. The van der Waals surface area contributed by atoms with Crippen LogP contribution in [0.3, 0.4) is 0 Å². The van der Waals surface area contributed by atoms with Gasteiger partial charge < -0.3 is 9.80 Å². The SMILES string of the molecule is C[C@@H]1CN1C1=C(F)C(=O)C(N2C[C@@H]2C)=C(F)C1=O. The van der Waals surface area contributed by atoms with Crippen molar-refractivity contribution in [2.75, 3.05) is 13.1 Å². The normalized spacial score (nSPS) is 31.6. The lowest BCUT2D eigenvalue weighted by molar-refractivity contribution is -0.120. The maximum atomic E-state index is 13.9. The first kappa shape index (κ1) is 11.4. The van der Waals surface area contributed by atoms with Gasteiger partial charge in [0, 0.05) is 25.2 Å². The second kappa shape index (κ2) is 3.40. The van der Waals surface area contributed by atoms with Crippen molar-refractivity contribution < 1.29 is 18.4 Å². The molecule has 2 heterocycles. The monoisotopic (exact) mass is 254 g/mol. The van der Waals surface area contributed by atoms with Crippen molar-refractivity contribution in [1.29, 1.82) is 0 Å². The first-order valence-electron chi connectivity index (χ1n) is 5.85.